The monoisotopic (exact) mass is 565 g/mol. The number of piperazine rings is 1. The molecule has 3 atom stereocenters. The van der Waals surface area contributed by atoms with Crippen molar-refractivity contribution >= 4 is 17.8 Å². The maximum atomic E-state index is 14.8. The summed E-state index contributed by atoms with van der Waals surface area (Å²) in [4.78, 5) is 57.8. The van der Waals surface area contributed by atoms with Gasteiger partial charge in [0, 0.05) is 30.3 Å². The van der Waals surface area contributed by atoms with Crippen LogP contribution >= 0.6 is 0 Å². The first-order valence-corrected chi connectivity index (χ1v) is 13.1. The molecule has 3 fully saturated rings. The number of benzene rings is 1. The number of nitrogens with one attached hydrogen (secondary N) is 1. The maximum Gasteiger partial charge on any atom is 0.498 e. The first-order chi connectivity index (χ1) is 18.8. The third kappa shape index (κ3) is 5.20. The summed E-state index contributed by atoms with van der Waals surface area (Å²) in [5.74, 6) is -3.04. The molecular weight excluding hydrogens is 536 g/mol. The van der Waals surface area contributed by atoms with Crippen LogP contribution in [-0.2, 0) is 16.0 Å². The Labute approximate surface area is 226 Å². The summed E-state index contributed by atoms with van der Waals surface area (Å²) in [6, 6.07) is 3.83. The van der Waals surface area contributed by atoms with E-state index in [0.717, 1.165) is 25.3 Å². The van der Waals surface area contributed by atoms with Crippen LogP contribution in [0.3, 0.4) is 0 Å². The molecule has 2 amide bonds. The van der Waals surface area contributed by atoms with Gasteiger partial charge in [-0.3, -0.25) is 14.4 Å². The number of fused-ring (bicyclic) bond motifs is 2. The van der Waals surface area contributed by atoms with Crippen molar-refractivity contribution in [2.75, 3.05) is 19.6 Å². The van der Waals surface area contributed by atoms with Crippen molar-refractivity contribution in [2.45, 2.75) is 58.2 Å². The molecule has 1 aliphatic heterocycles. The number of H-pyrrole nitrogens is 1. The molecule has 40 heavy (non-hydrogen) atoms. The zero-order valence-electron chi connectivity index (χ0n) is 22.0. The lowest BCUT2D eigenvalue weighted by Gasteiger charge is -2.40. The fraction of sp³-hybridized carbons (Fsp3) is 0.519. The minimum Gasteiger partial charge on any atom is -0.336 e. The minimum atomic E-state index is -5.31. The maximum absolute atomic E-state index is 14.8. The highest BCUT2D eigenvalue weighted by molar-refractivity contribution is 5.97. The molecule has 3 unspecified atom stereocenters. The van der Waals surface area contributed by atoms with Gasteiger partial charge in [0.1, 0.15) is 17.2 Å². The second-order valence-corrected chi connectivity index (χ2v) is 10.9. The molecule has 2 aromatic rings. The fourth-order valence-electron chi connectivity index (χ4n) is 6.21. The summed E-state index contributed by atoms with van der Waals surface area (Å²) in [5.41, 5.74) is -0.327. The van der Waals surface area contributed by atoms with Crippen LogP contribution in [0.2, 0.25) is 0 Å². The van der Waals surface area contributed by atoms with Gasteiger partial charge in [0.25, 0.3) is 11.6 Å². The Morgan fingerprint density at radius 1 is 1.10 bits per heavy atom. The quantitative estimate of drug-likeness (QED) is 0.442. The van der Waals surface area contributed by atoms with Crippen molar-refractivity contribution in [3.05, 3.63) is 62.3 Å². The summed E-state index contributed by atoms with van der Waals surface area (Å²) in [7, 11) is 0. The lowest BCUT2D eigenvalue weighted by Crippen LogP contribution is -2.58. The average molecular weight is 566 g/mol. The molecule has 0 spiro atoms. The number of carbonyl (C=O) groups is 3. The molecule has 1 aromatic carbocycles. The van der Waals surface area contributed by atoms with E-state index in [4.69, 9.17) is 0 Å². The normalized spacial score (nSPS) is 22.6. The molecular formula is C27H29F4N4O5+. The number of halogens is 4. The van der Waals surface area contributed by atoms with Crippen molar-refractivity contribution in [2.24, 2.45) is 11.8 Å². The molecule has 2 bridgehead atoms. The van der Waals surface area contributed by atoms with E-state index in [2.05, 4.69) is 9.94 Å². The van der Waals surface area contributed by atoms with E-state index in [1.165, 1.54) is 37.3 Å². The van der Waals surface area contributed by atoms with E-state index in [-0.39, 0.29) is 53.8 Å². The third-order valence-electron chi connectivity index (χ3n) is 8.47. The number of carbonyl (C=O) groups excluding carboxylic acids is 3. The Bertz CT molecular complexity index is 1440. The predicted octanol–water partition coefficient (Wildman–Crippen LogP) is 2.00. The lowest BCUT2D eigenvalue weighted by atomic mass is 9.93. The third-order valence-corrected chi connectivity index (χ3v) is 8.47. The Morgan fingerprint density at radius 2 is 1.85 bits per heavy atom. The molecule has 2 saturated carbocycles. The predicted molar refractivity (Wildman–Crippen MR) is 130 cm³/mol. The zero-order chi connectivity index (χ0) is 28.9. The Morgan fingerprint density at radius 3 is 2.48 bits per heavy atom. The highest BCUT2D eigenvalue weighted by Crippen LogP contribution is 2.46. The molecule has 3 aliphatic rings. The molecule has 2 heterocycles. The molecule has 1 saturated heterocycles. The minimum absolute atomic E-state index is 0.00522. The number of alkyl halides is 3. The number of aromatic amines is 1. The summed E-state index contributed by atoms with van der Waals surface area (Å²) in [6.07, 6.45) is -1.07. The van der Waals surface area contributed by atoms with E-state index in [1.807, 2.05) is 4.90 Å². The highest BCUT2D eigenvalue weighted by Gasteiger charge is 2.46. The number of aromatic nitrogens is 2. The standard InChI is InChI=1S/C27H28F4N4O5/c1-14-15(2)24(37)32-35(40-26(39)27(29,30)31)21(14)11-17-4-6-20(28)19(10-17)25(38)33-7-8-34(23(36)13-33)22-12-16-3-5-18(22)9-16/h4,6,10,16,18,22H,3,5,7-9,11-13H2,1-2H3/p+1. The van der Waals surface area contributed by atoms with Crippen LogP contribution < -0.4 is 15.2 Å². The van der Waals surface area contributed by atoms with Gasteiger partial charge in [-0.1, -0.05) is 17.6 Å². The SMILES string of the molecule is Cc1c(C)c(=O)[nH][n+](OC(=O)C(F)(F)F)c1Cc1ccc(F)c(C(=O)N2CCN(C3CC4CCC3C4)C(=O)C2)c1. The van der Waals surface area contributed by atoms with Crippen LogP contribution in [0, 0.1) is 31.5 Å². The smallest absolute Gasteiger partial charge is 0.336 e. The molecule has 1 aromatic heterocycles. The number of hydrogen-bond acceptors (Lipinski definition) is 5. The number of nitrogens with zero attached hydrogens (tertiary/aromatic N) is 3. The molecule has 5 rings (SSSR count). The number of amides is 2. The average Bonchev–Trinajstić information content (AvgIpc) is 3.53. The van der Waals surface area contributed by atoms with Crippen LogP contribution in [-0.4, -0.2) is 64.5 Å². The number of hydrogen-bond donors (Lipinski definition) is 1. The Balaban J connectivity index is 1.35. The van der Waals surface area contributed by atoms with Gasteiger partial charge in [-0.25, -0.2) is 9.18 Å². The summed E-state index contributed by atoms with van der Waals surface area (Å²) in [5, 5.41) is 2.08. The molecule has 214 valence electrons. The van der Waals surface area contributed by atoms with Gasteiger partial charge in [0.05, 0.1) is 12.0 Å². The van der Waals surface area contributed by atoms with E-state index in [9.17, 15) is 36.7 Å². The van der Waals surface area contributed by atoms with Gasteiger partial charge in [-0.05, 0) is 62.6 Å². The summed E-state index contributed by atoms with van der Waals surface area (Å²) >= 11 is 0. The van der Waals surface area contributed by atoms with Crippen molar-refractivity contribution in [1.29, 1.82) is 0 Å². The van der Waals surface area contributed by atoms with Crippen molar-refractivity contribution in [3.63, 3.8) is 0 Å². The number of rotatable bonds is 5. The van der Waals surface area contributed by atoms with Gasteiger partial charge >= 0.3 is 17.7 Å². The molecule has 13 heteroatoms. The van der Waals surface area contributed by atoms with Crippen LogP contribution in [0.4, 0.5) is 17.6 Å². The van der Waals surface area contributed by atoms with Crippen molar-refractivity contribution in [3.8, 4) is 0 Å². The van der Waals surface area contributed by atoms with Gasteiger partial charge in [0.15, 0.2) is 0 Å². The van der Waals surface area contributed by atoms with E-state index in [0.29, 0.717) is 28.8 Å². The molecule has 2 aliphatic carbocycles. The van der Waals surface area contributed by atoms with E-state index in [1.54, 1.807) is 0 Å². The zero-order valence-corrected chi connectivity index (χ0v) is 22.0. The van der Waals surface area contributed by atoms with E-state index >= 15 is 0 Å². The molecule has 0 radical (unpaired) electrons. The van der Waals surface area contributed by atoms with Crippen LogP contribution in [0.15, 0.2) is 23.0 Å². The summed E-state index contributed by atoms with van der Waals surface area (Å²) < 4.78 is 53.3. The van der Waals surface area contributed by atoms with Crippen LogP contribution in [0.25, 0.3) is 0 Å². The molecule has 1 N–H and O–H groups in total. The topological polar surface area (TPSA) is 104 Å². The first-order valence-electron chi connectivity index (χ1n) is 13.1. The highest BCUT2D eigenvalue weighted by atomic mass is 19.4. The summed E-state index contributed by atoms with van der Waals surface area (Å²) in [6.45, 7) is 3.38. The van der Waals surface area contributed by atoms with E-state index < -0.39 is 29.4 Å². The van der Waals surface area contributed by atoms with Gasteiger partial charge < -0.3 is 9.80 Å². The van der Waals surface area contributed by atoms with Gasteiger partial charge in [-0.15, -0.1) is 0 Å². The second-order valence-electron chi connectivity index (χ2n) is 10.9. The van der Waals surface area contributed by atoms with Gasteiger partial charge in [-0.2, -0.15) is 18.0 Å². The molecule has 9 nitrogen and oxygen atoms in total. The first kappa shape index (κ1) is 27.8. The van der Waals surface area contributed by atoms with Gasteiger partial charge in [0.2, 0.25) is 5.91 Å². The lowest BCUT2D eigenvalue weighted by molar-refractivity contribution is -0.921. The van der Waals surface area contributed by atoms with Crippen LogP contribution in [0.1, 0.15) is 58.4 Å². The second kappa shape index (κ2) is 10.3. The Hall–Kier alpha value is -3.77. The van der Waals surface area contributed by atoms with Crippen molar-refractivity contribution in [1.82, 2.24) is 14.9 Å². The van der Waals surface area contributed by atoms with Crippen molar-refractivity contribution < 1.29 is 41.6 Å². The largest absolute Gasteiger partial charge is 0.498 e. The van der Waals surface area contributed by atoms with Crippen LogP contribution in [0.5, 0.6) is 0 Å². The fourth-order valence-corrected chi connectivity index (χ4v) is 6.21. The Kier molecular flexibility index (Phi) is 7.17.